The van der Waals surface area contributed by atoms with Crippen LogP contribution < -0.4 is 15.6 Å². The molecule has 142 valence electrons. The molecule has 7 nitrogen and oxygen atoms in total. The zero-order chi connectivity index (χ0) is 19.6. The number of anilines is 1. The molecule has 0 bridgehead atoms. The first-order valence-electron chi connectivity index (χ1n) is 8.65. The van der Waals surface area contributed by atoms with Crippen LogP contribution in [0.5, 0.6) is 5.75 Å². The van der Waals surface area contributed by atoms with Gasteiger partial charge in [0, 0.05) is 35.7 Å². The number of aromatic nitrogens is 1. The van der Waals surface area contributed by atoms with E-state index in [0.29, 0.717) is 23.4 Å². The van der Waals surface area contributed by atoms with Crippen molar-refractivity contribution in [1.29, 1.82) is 0 Å². The minimum Gasteiger partial charge on any atom is -0.491 e. The van der Waals surface area contributed by atoms with Crippen molar-refractivity contribution in [3.05, 3.63) is 64.6 Å². The first-order chi connectivity index (χ1) is 12.9. The number of aliphatic hydroxyl groups is 2. The van der Waals surface area contributed by atoms with Crippen molar-refractivity contribution >= 4 is 11.6 Å². The van der Waals surface area contributed by atoms with Crippen molar-refractivity contribution in [1.82, 2.24) is 4.57 Å². The average molecular weight is 370 g/mol. The maximum absolute atomic E-state index is 12.5. The Morgan fingerprint density at radius 1 is 1.33 bits per heavy atom. The highest BCUT2D eigenvalue weighted by molar-refractivity contribution is 6.05. The van der Waals surface area contributed by atoms with E-state index in [2.05, 4.69) is 5.32 Å². The molecule has 1 amide bonds. The van der Waals surface area contributed by atoms with E-state index < -0.39 is 17.4 Å². The lowest BCUT2D eigenvalue weighted by molar-refractivity contribution is -0.137. The van der Waals surface area contributed by atoms with Crippen LogP contribution in [0.4, 0.5) is 5.69 Å². The van der Waals surface area contributed by atoms with Crippen LogP contribution in [0, 0.1) is 5.92 Å². The summed E-state index contributed by atoms with van der Waals surface area (Å²) >= 11 is 0. The topological polar surface area (TPSA) is 101 Å². The maximum Gasteiger partial charge on any atom is 0.297 e. The molecule has 0 spiro atoms. The van der Waals surface area contributed by atoms with Gasteiger partial charge in [0.05, 0.1) is 7.11 Å². The second kappa shape index (κ2) is 7.38. The molecule has 1 aromatic heterocycles. The number of hydrogen-bond donors (Lipinski definition) is 3. The lowest BCUT2D eigenvalue weighted by Gasteiger charge is -2.26. The number of nitrogens with one attached hydrogen (secondary N) is 1. The van der Waals surface area contributed by atoms with Crippen LogP contribution in [0.2, 0.25) is 0 Å². The molecule has 1 aliphatic heterocycles. The lowest BCUT2D eigenvalue weighted by Crippen LogP contribution is -2.39. The molecule has 1 aromatic carbocycles. The maximum atomic E-state index is 12.5. The summed E-state index contributed by atoms with van der Waals surface area (Å²) in [5.41, 5.74) is -0.680. The van der Waals surface area contributed by atoms with E-state index in [1.807, 2.05) is 0 Å². The van der Waals surface area contributed by atoms with Crippen LogP contribution in [0.25, 0.3) is 5.69 Å². The molecule has 0 saturated heterocycles. The van der Waals surface area contributed by atoms with E-state index in [9.17, 15) is 14.7 Å². The Balaban J connectivity index is 2.08. The Bertz CT molecular complexity index is 950. The van der Waals surface area contributed by atoms with Gasteiger partial charge >= 0.3 is 0 Å². The van der Waals surface area contributed by atoms with Crippen molar-refractivity contribution < 1.29 is 19.7 Å². The van der Waals surface area contributed by atoms with Crippen LogP contribution in [0.15, 0.2) is 53.5 Å². The normalized spacial score (nSPS) is 19.8. The molecular weight excluding hydrogens is 348 g/mol. The molecule has 0 fully saturated rings. The first-order valence-corrected chi connectivity index (χ1v) is 8.65. The van der Waals surface area contributed by atoms with E-state index >= 15 is 0 Å². The number of carbonyl (C=O) groups excluding carboxylic acids is 1. The third-order valence-corrected chi connectivity index (χ3v) is 4.80. The predicted octanol–water partition coefficient (Wildman–Crippen LogP) is 1.56. The summed E-state index contributed by atoms with van der Waals surface area (Å²) in [5.74, 6) is -0.848. The Morgan fingerprint density at radius 2 is 2.11 bits per heavy atom. The summed E-state index contributed by atoms with van der Waals surface area (Å²) in [4.78, 5) is 25.0. The molecule has 2 heterocycles. The summed E-state index contributed by atoms with van der Waals surface area (Å²) in [6, 6.07) is 8.24. The zero-order valence-corrected chi connectivity index (χ0v) is 15.2. The predicted molar refractivity (Wildman–Crippen MR) is 101 cm³/mol. The van der Waals surface area contributed by atoms with Gasteiger partial charge in [-0.15, -0.1) is 0 Å². The van der Waals surface area contributed by atoms with Crippen LogP contribution in [0.3, 0.4) is 0 Å². The van der Waals surface area contributed by atoms with Crippen LogP contribution in [0.1, 0.15) is 18.9 Å². The third kappa shape index (κ3) is 3.15. The number of nitrogens with zero attached hydrogens (tertiary/aromatic N) is 1. The fourth-order valence-electron chi connectivity index (χ4n) is 3.25. The zero-order valence-electron chi connectivity index (χ0n) is 15.2. The highest BCUT2D eigenvalue weighted by Gasteiger charge is 2.48. The van der Waals surface area contributed by atoms with Crippen molar-refractivity contribution in [3.63, 3.8) is 0 Å². The second-order valence-electron chi connectivity index (χ2n) is 6.43. The van der Waals surface area contributed by atoms with Gasteiger partial charge in [0.2, 0.25) is 0 Å². The monoisotopic (exact) mass is 370 g/mol. The SMILES string of the molecule is COc1cccn(-c2ccc3c(c2)[C@](O)([C@@H](C)/C=C/CCO)C(=O)N3)c1=O. The minimum absolute atomic E-state index is 0.00661. The third-order valence-electron chi connectivity index (χ3n) is 4.80. The standard InChI is InChI=1S/C20H22N2O5/c1-13(6-3-4-11-23)20(26)15-12-14(8-9-16(15)21-19(20)25)22-10-5-7-17(27-2)18(22)24/h3,5-10,12-13,23,26H,4,11H2,1-2H3,(H,21,25)/b6-3+/t13-,20+/m0/s1. The molecule has 3 N–H and O–H groups in total. The smallest absolute Gasteiger partial charge is 0.297 e. The van der Waals surface area contributed by atoms with Gasteiger partial charge in [0.1, 0.15) is 0 Å². The summed E-state index contributed by atoms with van der Waals surface area (Å²) in [5, 5.41) is 22.8. The first kappa shape index (κ1) is 18.9. The van der Waals surface area contributed by atoms with Crippen LogP contribution in [-0.2, 0) is 10.4 Å². The molecule has 2 atom stereocenters. The molecule has 0 unspecified atom stereocenters. The Hall–Kier alpha value is -2.90. The molecule has 1 aliphatic rings. The molecule has 27 heavy (non-hydrogen) atoms. The minimum atomic E-state index is -1.76. The lowest BCUT2D eigenvalue weighted by atomic mass is 9.82. The van der Waals surface area contributed by atoms with E-state index in [1.165, 1.54) is 11.7 Å². The number of fused-ring (bicyclic) bond motifs is 1. The number of pyridine rings is 1. The number of ether oxygens (including phenoxy) is 1. The Morgan fingerprint density at radius 3 is 2.81 bits per heavy atom. The molecular formula is C20H22N2O5. The molecule has 3 rings (SSSR count). The summed E-state index contributed by atoms with van der Waals surface area (Å²) in [6.45, 7) is 1.72. The Labute approximate surface area is 156 Å². The summed E-state index contributed by atoms with van der Waals surface area (Å²) in [6.07, 6.45) is 5.47. The highest BCUT2D eigenvalue weighted by Crippen LogP contribution is 2.42. The second-order valence-corrected chi connectivity index (χ2v) is 6.43. The molecule has 7 heteroatoms. The van der Waals surface area contributed by atoms with Crippen molar-refractivity contribution in [2.75, 3.05) is 19.0 Å². The highest BCUT2D eigenvalue weighted by atomic mass is 16.5. The van der Waals surface area contributed by atoms with Gasteiger partial charge < -0.3 is 20.3 Å². The summed E-state index contributed by atoms with van der Waals surface area (Å²) < 4.78 is 6.47. The largest absolute Gasteiger partial charge is 0.491 e. The number of hydrogen-bond acceptors (Lipinski definition) is 5. The van der Waals surface area contributed by atoms with Crippen LogP contribution >= 0.6 is 0 Å². The molecule has 2 aromatic rings. The number of aliphatic hydroxyl groups excluding tert-OH is 1. The van der Waals surface area contributed by atoms with Crippen LogP contribution in [-0.4, -0.2) is 34.4 Å². The van der Waals surface area contributed by atoms with Gasteiger partial charge in [-0.05, 0) is 36.8 Å². The number of methoxy groups -OCH3 is 1. The van der Waals surface area contributed by atoms with Gasteiger partial charge in [-0.1, -0.05) is 19.1 Å². The number of carbonyl (C=O) groups is 1. The van der Waals surface area contributed by atoms with Crippen molar-refractivity contribution in [2.24, 2.45) is 5.92 Å². The number of benzene rings is 1. The Kier molecular flexibility index (Phi) is 5.16. The van der Waals surface area contributed by atoms with Gasteiger partial charge in [-0.25, -0.2) is 0 Å². The number of amides is 1. The van der Waals surface area contributed by atoms with E-state index in [-0.39, 0.29) is 17.9 Å². The van der Waals surface area contributed by atoms with Gasteiger partial charge in [0.15, 0.2) is 11.4 Å². The van der Waals surface area contributed by atoms with Gasteiger partial charge in [-0.3, -0.25) is 14.2 Å². The fourth-order valence-corrected chi connectivity index (χ4v) is 3.25. The summed E-state index contributed by atoms with van der Waals surface area (Å²) in [7, 11) is 1.42. The quantitative estimate of drug-likeness (QED) is 0.670. The molecule has 0 radical (unpaired) electrons. The van der Waals surface area contributed by atoms with Gasteiger partial charge in [0.25, 0.3) is 11.5 Å². The van der Waals surface area contributed by atoms with Gasteiger partial charge in [-0.2, -0.15) is 0 Å². The molecule has 0 saturated carbocycles. The fraction of sp³-hybridized carbons (Fsp3) is 0.300. The van der Waals surface area contributed by atoms with Crippen molar-refractivity contribution in [3.8, 4) is 11.4 Å². The molecule has 0 aliphatic carbocycles. The van der Waals surface area contributed by atoms with Crippen molar-refractivity contribution in [2.45, 2.75) is 18.9 Å². The average Bonchev–Trinajstić information content (AvgIpc) is 2.93. The number of rotatable bonds is 6. The van der Waals surface area contributed by atoms with E-state index in [0.717, 1.165) is 0 Å². The van der Waals surface area contributed by atoms with E-state index in [1.54, 1.807) is 55.6 Å². The van der Waals surface area contributed by atoms with E-state index in [4.69, 9.17) is 9.84 Å².